The summed E-state index contributed by atoms with van der Waals surface area (Å²) in [5.74, 6) is 0.930. The molecule has 216 valence electrons. The van der Waals surface area contributed by atoms with E-state index in [0.29, 0.717) is 67.3 Å². The number of alkyl halides is 3. The highest BCUT2D eigenvalue weighted by atomic mass is 19.4. The first-order chi connectivity index (χ1) is 20.2. The molecule has 1 fully saturated rings. The van der Waals surface area contributed by atoms with Gasteiger partial charge in [-0.15, -0.1) is 10.2 Å². The third-order valence-corrected chi connectivity index (χ3v) is 7.77. The molecule has 0 unspecified atom stereocenters. The lowest BCUT2D eigenvalue weighted by molar-refractivity contribution is -0.137. The summed E-state index contributed by atoms with van der Waals surface area (Å²) < 4.78 is 42.9. The van der Waals surface area contributed by atoms with Crippen LogP contribution in [0.1, 0.15) is 28.9 Å². The van der Waals surface area contributed by atoms with Crippen molar-refractivity contribution < 1.29 is 18.0 Å². The Morgan fingerprint density at radius 3 is 2.38 bits per heavy atom. The lowest BCUT2D eigenvalue weighted by atomic mass is 10.1. The number of carbonyl (C=O) groups is 1. The molecule has 42 heavy (non-hydrogen) atoms. The predicted octanol–water partition coefficient (Wildman–Crippen LogP) is 4.70. The van der Waals surface area contributed by atoms with Crippen LogP contribution in [-0.2, 0) is 23.9 Å². The van der Waals surface area contributed by atoms with Crippen molar-refractivity contribution in [2.75, 3.05) is 31.1 Å². The van der Waals surface area contributed by atoms with Gasteiger partial charge in [0.05, 0.1) is 23.0 Å². The van der Waals surface area contributed by atoms with E-state index in [4.69, 9.17) is 0 Å². The second kappa shape index (κ2) is 11.0. The number of carbonyl (C=O) groups excluding carboxylic acids is 1. The summed E-state index contributed by atoms with van der Waals surface area (Å²) in [5.41, 5.74) is 2.42. The van der Waals surface area contributed by atoms with Gasteiger partial charge in [-0.1, -0.05) is 48.0 Å². The molecule has 0 N–H and O–H groups in total. The van der Waals surface area contributed by atoms with Crippen LogP contribution in [0.5, 0.6) is 0 Å². The Labute approximate surface area is 239 Å². The number of para-hydroxylation sites is 1. The number of hydrogen-bond acceptors (Lipinski definition) is 5. The van der Waals surface area contributed by atoms with Crippen LogP contribution in [0.2, 0.25) is 0 Å². The number of hydrogen-bond donors (Lipinski definition) is 0. The fourth-order valence-electron chi connectivity index (χ4n) is 5.46. The molecule has 0 saturated carbocycles. The number of rotatable bonds is 6. The Bertz CT molecular complexity index is 1820. The maximum atomic E-state index is 13.5. The van der Waals surface area contributed by atoms with E-state index in [9.17, 15) is 22.8 Å². The van der Waals surface area contributed by atoms with E-state index in [0.717, 1.165) is 23.3 Å². The molecule has 6 rings (SSSR count). The number of amides is 1. The van der Waals surface area contributed by atoms with E-state index in [1.165, 1.54) is 6.07 Å². The number of benzene rings is 3. The molecule has 2 aromatic heterocycles. The zero-order chi connectivity index (χ0) is 29.4. The molecule has 3 aromatic carbocycles. The maximum Gasteiger partial charge on any atom is 0.416 e. The van der Waals surface area contributed by atoms with Crippen LogP contribution in [0.15, 0.2) is 77.6 Å². The molecule has 0 atom stereocenters. The van der Waals surface area contributed by atoms with E-state index in [1.54, 1.807) is 21.6 Å². The molecule has 1 amide bonds. The summed E-state index contributed by atoms with van der Waals surface area (Å²) in [7, 11) is 0. The molecule has 5 aromatic rings. The number of nitrogens with zero attached hydrogens (tertiary/aromatic N) is 6. The highest BCUT2D eigenvalue weighted by Gasteiger charge is 2.31. The standard InChI is InChI=1S/C31H29F3N6O2/c1-21-9-11-22(12-10-21)20-39-29(42)25-7-2-3-8-26(25)40-27(35-36-30(39)40)13-14-28(41)38-17-15-37(16-18-38)24-6-4-5-23(19-24)31(32,33)34/h2-12,19H,13-18,20H2,1H3. The summed E-state index contributed by atoms with van der Waals surface area (Å²) in [6.07, 6.45) is -3.89. The highest BCUT2D eigenvalue weighted by Crippen LogP contribution is 2.32. The molecule has 1 aliphatic heterocycles. The van der Waals surface area contributed by atoms with Gasteiger partial charge in [0.1, 0.15) is 5.82 Å². The van der Waals surface area contributed by atoms with Gasteiger partial charge in [-0.2, -0.15) is 13.2 Å². The van der Waals surface area contributed by atoms with Gasteiger partial charge < -0.3 is 9.80 Å². The second-order valence-electron chi connectivity index (χ2n) is 10.6. The number of halogens is 3. The van der Waals surface area contributed by atoms with Crippen LogP contribution < -0.4 is 10.5 Å². The van der Waals surface area contributed by atoms with Crippen molar-refractivity contribution in [2.45, 2.75) is 32.5 Å². The van der Waals surface area contributed by atoms with Crippen molar-refractivity contribution in [1.82, 2.24) is 24.1 Å². The number of aromatic nitrogens is 4. The second-order valence-corrected chi connectivity index (χ2v) is 10.6. The summed E-state index contributed by atoms with van der Waals surface area (Å²) in [6.45, 7) is 4.05. The summed E-state index contributed by atoms with van der Waals surface area (Å²) >= 11 is 0. The fraction of sp³-hybridized carbons (Fsp3) is 0.290. The lowest BCUT2D eigenvalue weighted by Crippen LogP contribution is -2.48. The van der Waals surface area contributed by atoms with Gasteiger partial charge in [-0.25, -0.2) is 0 Å². The van der Waals surface area contributed by atoms with Gasteiger partial charge >= 0.3 is 6.18 Å². The van der Waals surface area contributed by atoms with Crippen LogP contribution in [0.3, 0.4) is 0 Å². The summed E-state index contributed by atoms with van der Waals surface area (Å²) in [4.78, 5) is 30.2. The van der Waals surface area contributed by atoms with Crippen LogP contribution in [0.4, 0.5) is 18.9 Å². The quantitative estimate of drug-likeness (QED) is 0.294. The molecule has 1 aliphatic rings. The van der Waals surface area contributed by atoms with Gasteiger partial charge in [-0.05, 0) is 42.8 Å². The van der Waals surface area contributed by atoms with E-state index >= 15 is 0 Å². The zero-order valence-corrected chi connectivity index (χ0v) is 23.0. The topological polar surface area (TPSA) is 75.7 Å². The fourth-order valence-corrected chi connectivity index (χ4v) is 5.46. The number of fused-ring (bicyclic) bond motifs is 3. The normalized spacial score (nSPS) is 14.2. The maximum absolute atomic E-state index is 13.5. The van der Waals surface area contributed by atoms with Gasteiger partial charge in [0.2, 0.25) is 11.7 Å². The Morgan fingerprint density at radius 2 is 1.64 bits per heavy atom. The molecule has 0 spiro atoms. The van der Waals surface area contributed by atoms with Gasteiger partial charge in [0.15, 0.2) is 0 Å². The Morgan fingerprint density at radius 1 is 0.905 bits per heavy atom. The van der Waals surface area contributed by atoms with Crippen LogP contribution >= 0.6 is 0 Å². The molecular formula is C31H29F3N6O2. The third-order valence-electron chi connectivity index (χ3n) is 7.77. The first-order valence-electron chi connectivity index (χ1n) is 13.8. The van der Waals surface area contributed by atoms with Crippen molar-refractivity contribution in [3.05, 3.63) is 106 Å². The van der Waals surface area contributed by atoms with Crippen molar-refractivity contribution in [3.8, 4) is 0 Å². The Balaban J connectivity index is 1.19. The lowest BCUT2D eigenvalue weighted by Gasteiger charge is -2.36. The van der Waals surface area contributed by atoms with E-state index < -0.39 is 11.7 Å². The van der Waals surface area contributed by atoms with Crippen LogP contribution in [0.25, 0.3) is 16.7 Å². The Kier molecular flexibility index (Phi) is 7.17. The first-order valence-corrected chi connectivity index (χ1v) is 13.8. The minimum absolute atomic E-state index is 0.0623. The van der Waals surface area contributed by atoms with E-state index in [1.807, 2.05) is 58.7 Å². The van der Waals surface area contributed by atoms with Gasteiger partial charge in [0, 0.05) is 44.7 Å². The average molecular weight is 575 g/mol. The zero-order valence-electron chi connectivity index (χ0n) is 23.0. The molecule has 8 nitrogen and oxygen atoms in total. The van der Waals surface area contributed by atoms with Crippen molar-refractivity contribution in [1.29, 1.82) is 0 Å². The molecular weight excluding hydrogens is 545 g/mol. The molecule has 3 heterocycles. The SMILES string of the molecule is Cc1ccc(Cn2c(=O)c3ccccc3n3c(CCC(=O)N4CCN(c5cccc(C(F)(F)F)c5)CC4)nnc23)cc1. The van der Waals surface area contributed by atoms with Gasteiger partial charge in [0.25, 0.3) is 5.56 Å². The van der Waals surface area contributed by atoms with Crippen molar-refractivity contribution in [2.24, 2.45) is 0 Å². The monoisotopic (exact) mass is 574 g/mol. The largest absolute Gasteiger partial charge is 0.416 e. The van der Waals surface area contributed by atoms with Crippen LogP contribution in [0, 0.1) is 6.92 Å². The summed E-state index contributed by atoms with van der Waals surface area (Å²) in [6, 6.07) is 20.5. The molecule has 0 radical (unpaired) electrons. The van der Waals surface area contributed by atoms with Crippen molar-refractivity contribution >= 4 is 28.3 Å². The minimum atomic E-state index is -4.40. The van der Waals surface area contributed by atoms with E-state index in [2.05, 4.69) is 10.2 Å². The smallest absolute Gasteiger partial charge is 0.368 e. The average Bonchev–Trinajstić information content (AvgIpc) is 3.43. The first kappa shape index (κ1) is 27.5. The van der Waals surface area contributed by atoms with Crippen LogP contribution in [-0.4, -0.2) is 56.2 Å². The molecule has 0 bridgehead atoms. The minimum Gasteiger partial charge on any atom is -0.368 e. The number of anilines is 1. The molecule has 1 saturated heterocycles. The third kappa shape index (κ3) is 5.34. The summed E-state index contributed by atoms with van der Waals surface area (Å²) in [5, 5.41) is 9.29. The Hall–Kier alpha value is -4.67. The number of piperazine rings is 1. The molecule has 0 aliphatic carbocycles. The predicted molar refractivity (Wildman–Crippen MR) is 154 cm³/mol. The van der Waals surface area contributed by atoms with E-state index in [-0.39, 0.29) is 17.9 Å². The molecule has 11 heteroatoms. The van der Waals surface area contributed by atoms with Crippen molar-refractivity contribution in [3.63, 3.8) is 0 Å². The number of aryl methyl sites for hydroxylation is 2. The van der Waals surface area contributed by atoms with Gasteiger partial charge in [-0.3, -0.25) is 18.6 Å². The highest BCUT2D eigenvalue weighted by molar-refractivity contribution is 5.81.